The lowest BCUT2D eigenvalue weighted by atomic mass is 10.1. The van der Waals surface area contributed by atoms with Crippen molar-refractivity contribution in [3.8, 4) is 0 Å². The molecule has 3 aromatic carbocycles. The summed E-state index contributed by atoms with van der Waals surface area (Å²) in [5, 5.41) is 9.49. The molecule has 7 nitrogen and oxygen atoms in total. The average Bonchev–Trinajstić information content (AvgIpc) is 2.81. The van der Waals surface area contributed by atoms with Gasteiger partial charge in [-0.3, -0.25) is 4.79 Å². The molecule has 7 heteroatoms. The first-order chi connectivity index (χ1) is 16.4. The standard InChI is InChI=1S/C27H28N6O/c1-18-8-10-23(11-9-18)31-27-28-19(2)16-25(32-27)29-21-12-14-22(15-13-21)30-26(34)20-6-5-7-24(17-20)33(3)4/h5-17H,1-4H3,(H,30,34)(H2,28,29,31,32). The fourth-order valence-electron chi connectivity index (χ4n) is 3.37. The van der Waals surface area contributed by atoms with Crippen LogP contribution in [0.2, 0.25) is 0 Å². The number of hydrogen-bond acceptors (Lipinski definition) is 6. The van der Waals surface area contributed by atoms with Gasteiger partial charge < -0.3 is 20.9 Å². The molecule has 34 heavy (non-hydrogen) atoms. The maximum atomic E-state index is 12.6. The van der Waals surface area contributed by atoms with Crippen molar-refractivity contribution in [2.45, 2.75) is 13.8 Å². The number of anilines is 6. The van der Waals surface area contributed by atoms with Gasteiger partial charge in [0.15, 0.2) is 0 Å². The third-order valence-corrected chi connectivity index (χ3v) is 5.20. The summed E-state index contributed by atoms with van der Waals surface area (Å²) in [5.41, 5.74) is 6.12. The summed E-state index contributed by atoms with van der Waals surface area (Å²) in [6.07, 6.45) is 0. The van der Waals surface area contributed by atoms with Crippen LogP contribution >= 0.6 is 0 Å². The van der Waals surface area contributed by atoms with Gasteiger partial charge in [-0.25, -0.2) is 4.98 Å². The summed E-state index contributed by atoms with van der Waals surface area (Å²) in [6, 6.07) is 25.0. The summed E-state index contributed by atoms with van der Waals surface area (Å²) >= 11 is 0. The second-order valence-corrected chi connectivity index (χ2v) is 8.31. The number of benzene rings is 3. The Kier molecular flexibility index (Phi) is 6.73. The molecule has 0 aliphatic carbocycles. The second kappa shape index (κ2) is 10.0. The van der Waals surface area contributed by atoms with Crippen molar-refractivity contribution in [2.24, 2.45) is 0 Å². The van der Waals surface area contributed by atoms with E-state index < -0.39 is 0 Å². The first-order valence-corrected chi connectivity index (χ1v) is 11.0. The predicted molar refractivity (Wildman–Crippen MR) is 140 cm³/mol. The van der Waals surface area contributed by atoms with Gasteiger partial charge in [0, 0.05) is 54.2 Å². The van der Waals surface area contributed by atoms with Crippen molar-refractivity contribution in [1.29, 1.82) is 0 Å². The minimum absolute atomic E-state index is 0.150. The van der Waals surface area contributed by atoms with Crippen LogP contribution in [0.15, 0.2) is 78.9 Å². The normalized spacial score (nSPS) is 10.5. The van der Waals surface area contributed by atoms with Crippen LogP contribution in [0.5, 0.6) is 0 Å². The number of nitrogens with one attached hydrogen (secondary N) is 3. The van der Waals surface area contributed by atoms with E-state index in [4.69, 9.17) is 0 Å². The van der Waals surface area contributed by atoms with E-state index in [1.54, 1.807) is 6.07 Å². The zero-order valence-corrected chi connectivity index (χ0v) is 19.8. The molecule has 3 N–H and O–H groups in total. The molecule has 0 bridgehead atoms. The van der Waals surface area contributed by atoms with E-state index in [0.29, 0.717) is 23.0 Å². The van der Waals surface area contributed by atoms with Crippen LogP contribution in [0.1, 0.15) is 21.6 Å². The number of rotatable bonds is 7. The molecule has 0 atom stereocenters. The van der Waals surface area contributed by atoms with Gasteiger partial charge in [-0.1, -0.05) is 23.8 Å². The fourth-order valence-corrected chi connectivity index (χ4v) is 3.37. The lowest BCUT2D eigenvalue weighted by molar-refractivity contribution is 0.102. The van der Waals surface area contributed by atoms with Crippen LogP contribution in [0.3, 0.4) is 0 Å². The van der Waals surface area contributed by atoms with E-state index in [-0.39, 0.29) is 5.91 Å². The largest absolute Gasteiger partial charge is 0.378 e. The third kappa shape index (κ3) is 5.89. The molecular formula is C27H28N6O. The van der Waals surface area contributed by atoms with E-state index >= 15 is 0 Å². The number of nitrogens with zero attached hydrogens (tertiary/aromatic N) is 3. The quantitative estimate of drug-likeness (QED) is 0.324. The Bertz CT molecular complexity index is 1280. The van der Waals surface area contributed by atoms with E-state index in [1.807, 2.05) is 106 Å². The molecule has 0 aliphatic rings. The topological polar surface area (TPSA) is 82.2 Å². The van der Waals surface area contributed by atoms with Crippen LogP contribution in [0.4, 0.5) is 34.5 Å². The van der Waals surface area contributed by atoms with E-state index in [0.717, 1.165) is 22.8 Å². The Morgan fingerprint density at radius 1 is 0.765 bits per heavy atom. The molecule has 1 amide bonds. The summed E-state index contributed by atoms with van der Waals surface area (Å²) in [6.45, 7) is 3.98. The van der Waals surface area contributed by atoms with Gasteiger partial charge in [0.25, 0.3) is 5.91 Å². The van der Waals surface area contributed by atoms with Crippen molar-refractivity contribution in [1.82, 2.24) is 9.97 Å². The summed E-state index contributed by atoms with van der Waals surface area (Å²) < 4.78 is 0. The second-order valence-electron chi connectivity index (χ2n) is 8.31. The zero-order valence-electron chi connectivity index (χ0n) is 19.8. The van der Waals surface area contributed by atoms with Gasteiger partial charge in [-0.05, 0) is 68.4 Å². The molecule has 0 saturated carbocycles. The fraction of sp³-hybridized carbons (Fsp3) is 0.148. The molecule has 0 radical (unpaired) electrons. The lowest BCUT2D eigenvalue weighted by Gasteiger charge is -2.14. The molecule has 0 saturated heterocycles. The first-order valence-electron chi connectivity index (χ1n) is 11.0. The van der Waals surface area contributed by atoms with E-state index in [1.165, 1.54) is 5.56 Å². The first kappa shape index (κ1) is 22.8. The average molecular weight is 453 g/mol. The third-order valence-electron chi connectivity index (χ3n) is 5.20. The highest BCUT2D eigenvalue weighted by molar-refractivity contribution is 6.04. The molecule has 0 aliphatic heterocycles. The minimum atomic E-state index is -0.150. The summed E-state index contributed by atoms with van der Waals surface area (Å²) in [5.74, 6) is 1.05. The van der Waals surface area contributed by atoms with Gasteiger partial charge in [0.2, 0.25) is 5.95 Å². The van der Waals surface area contributed by atoms with Gasteiger partial charge in [0.05, 0.1) is 0 Å². The summed E-state index contributed by atoms with van der Waals surface area (Å²) in [4.78, 5) is 23.7. The molecule has 1 aromatic heterocycles. The maximum Gasteiger partial charge on any atom is 0.255 e. The van der Waals surface area contributed by atoms with E-state index in [9.17, 15) is 4.79 Å². The van der Waals surface area contributed by atoms with Gasteiger partial charge in [0.1, 0.15) is 5.82 Å². The Balaban J connectivity index is 1.42. The Labute approximate surface area is 199 Å². The van der Waals surface area contributed by atoms with Crippen molar-refractivity contribution >= 4 is 40.4 Å². The minimum Gasteiger partial charge on any atom is -0.378 e. The SMILES string of the molecule is Cc1ccc(Nc2nc(C)cc(Nc3ccc(NC(=O)c4cccc(N(C)C)c4)cc3)n2)cc1. The molecule has 0 spiro atoms. The van der Waals surface area contributed by atoms with Gasteiger partial charge in [-0.15, -0.1) is 0 Å². The number of aryl methyl sites for hydroxylation is 2. The molecular weight excluding hydrogens is 424 g/mol. The van der Waals surface area contributed by atoms with Crippen molar-refractivity contribution in [2.75, 3.05) is 34.9 Å². The molecule has 0 fully saturated rings. The van der Waals surface area contributed by atoms with Crippen LogP contribution < -0.4 is 20.9 Å². The van der Waals surface area contributed by atoms with Gasteiger partial charge >= 0.3 is 0 Å². The molecule has 0 unspecified atom stereocenters. The Morgan fingerprint density at radius 3 is 2.12 bits per heavy atom. The molecule has 4 rings (SSSR count). The van der Waals surface area contributed by atoms with Crippen molar-refractivity contribution < 1.29 is 4.79 Å². The van der Waals surface area contributed by atoms with Crippen LogP contribution in [0.25, 0.3) is 0 Å². The maximum absolute atomic E-state index is 12.6. The van der Waals surface area contributed by atoms with Gasteiger partial charge in [-0.2, -0.15) is 4.98 Å². The number of carbonyl (C=O) groups excluding carboxylic acids is 1. The van der Waals surface area contributed by atoms with E-state index in [2.05, 4.69) is 25.9 Å². The summed E-state index contributed by atoms with van der Waals surface area (Å²) in [7, 11) is 3.90. The predicted octanol–water partition coefficient (Wildman–Crippen LogP) is 5.90. The zero-order chi connectivity index (χ0) is 24.1. The van der Waals surface area contributed by atoms with Crippen LogP contribution in [-0.2, 0) is 0 Å². The lowest BCUT2D eigenvalue weighted by Crippen LogP contribution is -2.14. The number of carbonyl (C=O) groups is 1. The highest BCUT2D eigenvalue weighted by Gasteiger charge is 2.08. The molecule has 4 aromatic rings. The van der Waals surface area contributed by atoms with Crippen LogP contribution in [-0.4, -0.2) is 30.0 Å². The number of aromatic nitrogens is 2. The monoisotopic (exact) mass is 452 g/mol. The molecule has 172 valence electrons. The van der Waals surface area contributed by atoms with Crippen molar-refractivity contribution in [3.05, 3.63) is 95.7 Å². The molecule has 1 heterocycles. The highest BCUT2D eigenvalue weighted by atomic mass is 16.1. The smallest absolute Gasteiger partial charge is 0.255 e. The van der Waals surface area contributed by atoms with Crippen LogP contribution in [0, 0.1) is 13.8 Å². The Morgan fingerprint density at radius 2 is 1.41 bits per heavy atom. The Hall–Kier alpha value is -4.39. The highest BCUT2D eigenvalue weighted by Crippen LogP contribution is 2.22. The van der Waals surface area contributed by atoms with Crippen molar-refractivity contribution in [3.63, 3.8) is 0 Å². The number of hydrogen-bond donors (Lipinski definition) is 3. The number of amides is 1.